The Labute approximate surface area is 166 Å². The molecule has 7 heteroatoms. The molecule has 0 spiro atoms. The van der Waals surface area contributed by atoms with Crippen molar-refractivity contribution in [1.82, 2.24) is 19.9 Å². The first kappa shape index (κ1) is 17.9. The summed E-state index contributed by atoms with van der Waals surface area (Å²) in [5, 5.41) is 3.45. The van der Waals surface area contributed by atoms with E-state index in [1.807, 2.05) is 24.3 Å². The van der Waals surface area contributed by atoms with Crippen LogP contribution in [0.25, 0.3) is 11.3 Å². The maximum atomic E-state index is 12.6. The van der Waals surface area contributed by atoms with E-state index in [0.29, 0.717) is 11.6 Å². The highest BCUT2D eigenvalue weighted by Crippen LogP contribution is 2.28. The third-order valence-corrected chi connectivity index (χ3v) is 5.37. The van der Waals surface area contributed by atoms with Gasteiger partial charge in [-0.05, 0) is 29.8 Å². The van der Waals surface area contributed by atoms with E-state index in [2.05, 4.69) is 43.3 Å². The first-order valence-corrected chi connectivity index (χ1v) is 9.64. The van der Waals surface area contributed by atoms with Crippen molar-refractivity contribution in [2.24, 2.45) is 7.05 Å². The topological polar surface area (TPSA) is 63.1 Å². The minimum Gasteiger partial charge on any atom is -0.333 e. The largest absolute Gasteiger partial charge is 0.333 e. The molecule has 1 aliphatic heterocycles. The van der Waals surface area contributed by atoms with Crippen LogP contribution >= 0.6 is 15.9 Å². The summed E-state index contributed by atoms with van der Waals surface area (Å²) in [5.74, 6) is 0.684. The second kappa shape index (κ2) is 7.62. The lowest BCUT2D eigenvalue weighted by molar-refractivity contribution is 0.475. The zero-order chi connectivity index (χ0) is 18.8. The number of nitrogens with one attached hydrogen (secondary N) is 1. The molecular formula is C20H20BrN5O. The molecule has 3 aromatic rings. The number of pyridine rings is 1. The smallest absolute Gasteiger partial charge is 0.255 e. The molecule has 1 aliphatic rings. The molecule has 1 aromatic carbocycles. The third kappa shape index (κ3) is 3.65. The van der Waals surface area contributed by atoms with Gasteiger partial charge in [-0.2, -0.15) is 0 Å². The van der Waals surface area contributed by atoms with Crippen molar-refractivity contribution in [3.05, 3.63) is 75.2 Å². The van der Waals surface area contributed by atoms with Gasteiger partial charge in [0.2, 0.25) is 5.95 Å². The summed E-state index contributed by atoms with van der Waals surface area (Å²) in [7, 11) is 1.78. The third-order valence-electron chi connectivity index (χ3n) is 4.84. The van der Waals surface area contributed by atoms with Crippen LogP contribution in [0.2, 0.25) is 0 Å². The SMILES string of the molecule is Cn1c(N2CCNC[C@@H]2c2ccc(Br)cc2)nc(-c2ccncc2)cc1=O. The van der Waals surface area contributed by atoms with Gasteiger partial charge in [-0.3, -0.25) is 14.3 Å². The Morgan fingerprint density at radius 3 is 2.63 bits per heavy atom. The molecule has 4 rings (SSSR count). The van der Waals surface area contributed by atoms with Gasteiger partial charge in [-0.25, -0.2) is 4.98 Å². The average Bonchev–Trinajstić information content (AvgIpc) is 2.71. The van der Waals surface area contributed by atoms with E-state index in [0.717, 1.165) is 29.7 Å². The minimum absolute atomic E-state index is 0.0695. The van der Waals surface area contributed by atoms with E-state index in [-0.39, 0.29) is 11.6 Å². The van der Waals surface area contributed by atoms with Gasteiger partial charge in [0.05, 0.1) is 11.7 Å². The highest BCUT2D eigenvalue weighted by Gasteiger charge is 2.27. The first-order chi connectivity index (χ1) is 13.1. The van der Waals surface area contributed by atoms with Crippen molar-refractivity contribution < 1.29 is 0 Å². The molecule has 1 N–H and O–H groups in total. The van der Waals surface area contributed by atoms with Crippen LogP contribution in [0.15, 0.2) is 64.1 Å². The zero-order valence-corrected chi connectivity index (χ0v) is 16.6. The molecule has 0 saturated carbocycles. The van der Waals surface area contributed by atoms with Crippen molar-refractivity contribution >= 4 is 21.9 Å². The van der Waals surface area contributed by atoms with E-state index in [1.165, 1.54) is 5.56 Å². The number of nitrogens with zero attached hydrogens (tertiary/aromatic N) is 4. The van der Waals surface area contributed by atoms with Crippen molar-refractivity contribution in [3.8, 4) is 11.3 Å². The van der Waals surface area contributed by atoms with Crippen LogP contribution in [0.1, 0.15) is 11.6 Å². The fourth-order valence-electron chi connectivity index (χ4n) is 3.38. The second-order valence-electron chi connectivity index (χ2n) is 6.54. The van der Waals surface area contributed by atoms with Crippen LogP contribution in [-0.2, 0) is 7.05 Å². The molecule has 2 aromatic heterocycles. The quantitative estimate of drug-likeness (QED) is 0.698. The Bertz CT molecular complexity index is 988. The van der Waals surface area contributed by atoms with Gasteiger partial charge in [0.1, 0.15) is 0 Å². The lowest BCUT2D eigenvalue weighted by atomic mass is 10.0. The molecule has 27 heavy (non-hydrogen) atoms. The van der Waals surface area contributed by atoms with Crippen LogP contribution in [0.4, 0.5) is 5.95 Å². The summed E-state index contributed by atoms with van der Waals surface area (Å²) in [6.45, 7) is 2.43. The van der Waals surface area contributed by atoms with E-state index in [9.17, 15) is 4.79 Å². The normalized spacial score (nSPS) is 17.1. The van der Waals surface area contributed by atoms with Crippen LogP contribution < -0.4 is 15.8 Å². The first-order valence-electron chi connectivity index (χ1n) is 8.85. The summed E-state index contributed by atoms with van der Waals surface area (Å²) >= 11 is 3.49. The average molecular weight is 426 g/mol. The maximum absolute atomic E-state index is 12.6. The summed E-state index contributed by atoms with van der Waals surface area (Å²) in [6, 6.07) is 13.7. The van der Waals surface area contributed by atoms with E-state index < -0.39 is 0 Å². The van der Waals surface area contributed by atoms with Crippen LogP contribution in [0.3, 0.4) is 0 Å². The van der Waals surface area contributed by atoms with Crippen molar-refractivity contribution in [2.75, 3.05) is 24.5 Å². The number of hydrogen-bond donors (Lipinski definition) is 1. The Morgan fingerprint density at radius 1 is 1.15 bits per heavy atom. The molecule has 138 valence electrons. The molecule has 1 atom stereocenters. The lowest BCUT2D eigenvalue weighted by Crippen LogP contribution is -2.48. The standard InChI is InChI=1S/C20H20BrN5O/c1-25-19(27)12-17(14-6-8-22-9-7-14)24-20(25)26-11-10-23-13-18(26)15-2-4-16(21)5-3-15/h2-9,12,18,23H,10-11,13H2,1H3/t18-/m1/s1. The van der Waals surface area contributed by atoms with E-state index >= 15 is 0 Å². The fraction of sp³-hybridized carbons (Fsp3) is 0.250. The Balaban J connectivity index is 1.79. The van der Waals surface area contributed by atoms with Crippen molar-refractivity contribution in [3.63, 3.8) is 0 Å². The Kier molecular flexibility index (Phi) is 5.05. The molecule has 0 radical (unpaired) electrons. The summed E-state index contributed by atoms with van der Waals surface area (Å²) in [6.07, 6.45) is 3.42. The zero-order valence-electron chi connectivity index (χ0n) is 15.0. The Morgan fingerprint density at radius 2 is 1.89 bits per heavy atom. The number of benzene rings is 1. The summed E-state index contributed by atoms with van der Waals surface area (Å²) < 4.78 is 2.67. The lowest BCUT2D eigenvalue weighted by Gasteiger charge is -2.38. The van der Waals surface area contributed by atoms with Gasteiger partial charge >= 0.3 is 0 Å². The highest BCUT2D eigenvalue weighted by molar-refractivity contribution is 9.10. The monoisotopic (exact) mass is 425 g/mol. The minimum atomic E-state index is -0.0695. The van der Waals surface area contributed by atoms with Gasteiger partial charge in [-0.1, -0.05) is 28.1 Å². The van der Waals surface area contributed by atoms with Gasteiger partial charge in [0, 0.05) is 55.2 Å². The number of anilines is 1. The number of halogens is 1. The van der Waals surface area contributed by atoms with Crippen LogP contribution in [0, 0.1) is 0 Å². The second-order valence-corrected chi connectivity index (χ2v) is 7.46. The van der Waals surface area contributed by atoms with Gasteiger partial charge in [-0.15, -0.1) is 0 Å². The summed E-state index contributed by atoms with van der Waals surface area (Å²) in [5.41, 5.74) is 2.68. The van der Waals surface area contributed by atoms with Gasteiger partial charge < -0.3 is 10.2 Å². The number of rotatable bonds is 3. The molecule has 0 bridgehead atoms. The number of piperazine rings is 1. The molecule has 0 amide bonds. The summed E-state index contributed by atoms with van der Waals surface area (Å²) in [4.78, 5) is 23.7. The molecule has 1 saturated heterocycles. The molecule has 0 aliphatic carbocycles. The molecule has 1 fully saturated rings. The predicted octanol–water partition coefficient (Wildman–Crippen LogP) is 2.76. The fourth-order valence-corrected chi connectivity index (χ4v) is 3.65. The predicted molar refractivity (Wildman–Crippen MR) is 110 cm³/mol. The van der Waals surface area contributed by atoms with Gasteiger partial charge in [0.25, 0.3) is 5.56 Å². The molecule has 0 unspecified atom stereocenters. The van der Waals surface area contributed by atoms with Crippen LogP contribution in [-0.4, -0.2) is 34.2 Å². The molecular weight excluding hydrogens is 406 g/mol. The van der Waals surface area contributed by atoms with E-state index in [4.69, 9.17) is 4.98 Å². The number of hydrogen-bond acceptors (Lipinski definition) is 5. The number of aromatic nitrogens is 3. The maximum Gasteiger partial charge on any atom is 0.255 e. The van der Waals surface area contributed by atoms with Crippen LogP contribution in [0.5, 0.6) is 0 Å². The Hall–Kier alpha value is -2.51. The van der Waals surface area contributed by atoms with Gasteiger partial charge in [0.15, 0.2) is 0 Å². The molecule has 3 heterocycles. The highest BCUT2D eigenvalue weighted by atomic mass is 79.9. The van der Waals surface area contributed by atoms with Crippen molar-refractivity contribution in [2.45, 2.75) is 6.04 Å². The van der Waals surface area contributed by atoms with Crippen molar-refractivity contribution in [1.29, 1.82) is 0 Å². The van der Waals surface area contributed by atoms with E-state index in [1.54, 1.807) is 30.1 Å². The molecule has 6 nitrogen and oxygen atoms in total.